The highest BCUT2D eigenvalue weighted by Crippen LogP contribution is 2.17. The van der Waals surface area contributed by atoms with Crippen LogP contribution in [0.4, 0.5) is 0 Å². The SMILES string of the molecule is C1COCC(N2CCCO2)C1. The lowest BCUT2D eigenvalue weighted by molar-refractivity contribution is -0.165. The van der Waals surface area contributed by atoms with Crippen LogP contribution in [0.15, 0.2) is 0 Å². The summed E-state index contributed by atoms with van der Waals surface area (Å²) >= 11 is 0. The predicted octanol–water partition coefficient (Wildman–Crippen LogP) is 0.803. The second-order valence-electron chi connectivity index (χ2n) is 3.20. The van der Waals surface area contributed by atoms with Gasteiger partial charge in [-0.15, -0.1) is 0 Å². The number of rotatable bonds is 1. The first-order chi connectivity index (χ1) is 5.47. The van der Waals surface area contributed by atoms with Crippen molar-refractivity contribution in [2.75, 3.05) is 26.4 Å². The van der Waals surface area contributed by atoms with E-state index in [9.17, 15) is 0 Å². The fourth-order valence-electron chi connectivity index (χ4n) is 1.71. The van der Waals surface area contributed by atoms with Crippen molar-refractivity contribution in [2.24, 2.45) is 0 Å². The molecule has 2 fully saturated rings. The molecule has 2 aliphatic heterocycles. The summed E-state index contributed by atoms with van der Waals surface area (Å²) in [5, 5.41) is 2.10. The van der Waals surface area contributed by atoms with Crippen LogP contribution in [0.1, 0.15) is 19.3 Å². The smallest absolute Gasteiger partial charge is 0.0698 e. The first kappa shape index (κ1) is 7.53. The third-order valence-corrected chi connectivity index (χ3v) is 2.32. The fourth-order valence-corrected chi connectivity index (χ4v) is 1.71. The van der Waals surface area contributed by atoms with Gasteiger partial charge in [-0.3, -0.25) is 4.84 Å². The largest absolute Gasteiger partial charge is 0.380 e. The van der Waals surface area contributed by atoms with E-state index < -0.39 is 0 Å². The van der Waals surface area contributed by atoms with Gasteiger partial charge in [0, 0.05) is 13.2 Å². The fraction of sp³-hybridized carbons (Fsp3) is 1.00. The van der Waals surface area contributed by atoms with Crippen molar-refractivity contribution >= 4 is 0 Å². The van der Waals surface area contributed by atoms with Crippen molar-refractivity contribution < 1.29 is 9.57 Å². The predicted molar refractivity (Wildman–Crippen MR) is 41.1 cm³/mol. The van der Waals surface area contributed by atoms with Gasteiger partial charge < -0.3 is 4.74 Å². The second kappa shape index (κ2) is 3.52. The maximum atomic E-state index is 5.45. The summed E-state index contributed by atoms with van der Waals surface area (Å²) in [6.07, 6.45) is 3.60. The van der Waals surface area contributed by atoms with Crippen LogP contribution in [0.5, 0.6) is 0 Å². The summed E-state index contributed by atoms with van der Waals surface area (Å²) in [6, 6.07) is 0.534. The summed E-state index contributed by atoms with van der Waals surface area (Å²) in [7, 11) is 0. The van der Waals surface area contributed by atoms with E-state index in [1.807, 2.05) is 0 Å². The minimum atomic E-state index is 0.534. The monoisotopic (exact) mass is 157 g/mol. The Kier molecular flexibility index (Phi) is 2.41. The molecular formula is C8H15NO2. The number of hydrogen-bond acceptors (Lipinski definition) is 3. The molecular weight excluding hydrogens is 142 g/mol. The first-order valence-corrected chi connectivity index (χ1v) is 4.44. The lowest BCUT2D eigenvalue weighted by Crippen LogP contribution is -2.38. The van der Waals surface area contributed by atoms with Gasteiger partial charge in [-0.05, 0) is 19.3 Å². The van der Waals surface area contributed by atoms with Crippen LogP contribution in [0.25, 0.3) is 0 Å². The molecule has 0 aliphatic carbocycles. The highest BCUT2D eigenvalue weighted by atomic mass is 16.7. The Morgan fingerprint density at radius 2 is 2.18 bits per heavy atom. The summed E-state index contributed by atoms with van der Waals surface area (Å²) in [5.41, 5.74) is 0. The molecule has 3 heteroatoms. The van der Waals surface area contributed by atoms with Gasteiger partial charge in [0.05, 0.1) is 19.3 Å². The topological polar surface area (TPSA) is 21.7 Å². The minimum Gasteiger partial charge on any atom is -0.380 e. The molecule has 64 valence electrons. The Hall–Kier alpha value is -0.120. The summed E-state index contributed by atoms with van der Waals surface area (Å²) in [6.45, 7) is 3.79. The Bertz CT molecular complexity index is 117. The molecule has 1 unspecified atom stereocenters. The third kappa shape index (κ3) is 1.72. The van der Waals surface area contributed by atoms with Crippen LogP contribution in [0, 0.1) is 0 Å². The van der Waals surface area contributed by atoms with Crippen molar-refractivity contribution in [3.05, 3.63) is 0 Å². The van der Waals surface area contributed by atoms with E-state index in [1.54, 1.807) is 0 Å². The van der Waals surface area contributed by atoms with Gasteiger partial charge in [-0.1, -0.05) is 0 Å². The van der Waals surface area contributed by atoms with Gasteiger partial charge in [-0.2, -0.15) is 5.06 Å². The molecule has 0 N–H and O–H groups in total. The third-order valence-electron chi connectivity index (χ3n) is 2.32. The van der Waals surface area contributed by atoms with E-state index in [-0.39, 0.29) is 0 Å². The van der Waals surface area contributed by atoms with Gasteiger partial charge in [0.15, 0.2) is 0 Å². The minimum absolute atomic E-state index is 0.534. The molecule has 0 aromatic rings. The molecule has 0 aromatic heterocycles. The van der Waals surface area contributed by atoms with Gasteiger partial charge in [-0.25, -0.2) is 0 Å². The van der Waals surface area contributed by atoms with Gasteiger partial charge in [0.2, 0.25) is 0 Å². The van der Waals surface area contributed by atoms with Crippen LogP contribution in [-0.4, -0.2) is 37.5 Å². The molecule has 0 radical (unpaired) electrons. The van der Waals surface area contributed by atoms with E-state index in [0.29, 0.717) is 6.04 Å². The van der Waals surface area contributed by atoms with Crippen LogP contribution in [-0.2, 0) is 9.57 Å². The van der Waals surface area contributed by atoms with Gasteiger partial charge in [0.1, 0.15) is 0 Å². The number of hydrogen-bond donors (Lipinski definition) is 0. The van der Waals surface area contributed by atoms with E-state index in [4.69, 9.17) is 9.57 Å². The summed E-state index contributed by atoms with van der Waals surface area (Å²) in [5.74, 6) is 0. The van der Waals surface area contributed by atoms with Gasteiger partial charge in [0.25, 0.3) is 0 Å². The Morgan fingerprint density at radius 3 is 2.82 bits per heavy atom. The molecule has 1 atom stereocenters. The van der Waals surface area contributed by atoms with E-state index in [1.165, 1.54) is 19.3 Å². The van der Waals surface area contributed by atoms with Crippen molar-refractivity contribution in [1.82, 2.24) is 5.06 Å². The molecule has 0 amide bonds. The summed E-state index contributed by atoms with van der Waals surface area (Å²) < 4.78 is 5.37. The quantitative estimate of drug-likeness (QED) is 0.562. The van der Waals surface area contributed by atoms with Gasteiger partial charge >= 0.3 is 0 Å². The number of hydroxylamine groups is 2. The van der Waals surface area contributed by atoms with E-state index in [0.717, 1.165) is 26.4 Å². The average molecular weight is 157 g/mol. The molecule has 0 saturated carbocycles. The molecule has 2 rings (SSSR count). The number of nitrogens with zero attached hydrogens (tertiary/aromatic N) is 1. The van der Waals surface area contributed by atoms with Crippen molar-refractivity contribution in [3.8, 4) is 0 Å². The van der Waals surface area contributed by atoms with Crippen molar-refractivity contribution in [3.63, 3.8) is 0 Å². The zero-order valence-electron chi connectivity index (χ0n) is 6.79. The standard InChI is InChI=1S/C8H15NO2/c1-3-8(7-10-5-1)9-4-2-6-11-9/h8H,1-7H2. The second-order valence-corrected chi connectivity index (χ2v) is 3.20. The molecule has 2 aliphatic rings. The Balaban J connectivity index is 1.82. The lowest BCUT2D eigenvalue weighted by atomic mass is 10.1. The van der Waals surface area contributed by atoms with E-state index in [2.05, 4.69) is 5.06 Å². The molecule has 0 bridgehead atoms. The number of ether oxygens (including phenoxy) is 1. The summed E-state index contributed by atoms with van der Waals surface area (Å²) in [4.78, 5) is 5.45. The zero-order chi connectivity index (χ0) is 7.52. The molecule has 2 heterocycles. The van der Waals surface area contributed by atoms with E-state index >= 15 is 0 Å². The highest BCUT2D eigenvalue weighted by molar-refractivity contribution is 4.71. The maximum absolute atomic E-state index is 5.45. The average Bonchev–Trinajstić information content (AvgIpc) is 2.58. The molecule has 11 heavy (non-hydrogen) atoms. The molecule has 0 spiro atoms. The molecule has 3 nitrogen and oxygen atoms in total. The van der Waals surface area contributed by atoms with Crippen molar-refractivity contribution in [2.45, 2.75) is 25.3 Å². The van der Waals surface area contributed by atoms with Crippen LogP contribution >= 0.6 is 0 Å². The normalized spacial score (nSPS) is 34.4. The van der Waals surface area contributed by atoms with Crippen molar-refractivity contribution in [1.29, 1.82) is 0 Å². The zero-order valence-corrected chi connectivity index (χ0v) is 6.79. The van der Waals surface area contributed by atoms with Crippen LogP contribution < -0.4 is 0 Å². The maximum Gasteiger partial charge on any atom is 0.0698 e. The molecule has 0 aromatic carbocycles. The molecule has 2 saturated heterocycles. The lowest BCUT2D eigenvalue weighted by Gasteiger charge is -2.28. The first-order valence-electron chi connectivity index (χ1n) is 4.44. The van der Waals surface area contributed by atoms with Crippen LogP contribution in [0.2, 0.25) is 0 Å². The van der Waals surface area contributed by atoms with Crippen LogP contribution in [0.3, 0.4) is 0 Å². The Labute approximate surface area is 67.2 Å². The Morgan fingerprint density at radius 1 is 1.18 bits per heavy atom. The highest BCUT2D eigenvalue weighted by Gasteiger charge is 2.24.